The first-order valence-electron chi connectivity index (χ1n) is 15.8. The van der Waals surface area contributed by atoms with Gasteiger partial charge < -0.3 is 0 Å². The summed E-state index contributed by atoms with van der Waals surface area (Å²) in [6.07, 6.45) is 0. The lowest BCUT2D eigenvalue weighted by atomic mass is 10.1. The Morgan fingerprint density at radius 3 is 1.26 bits per heavy atom. The second-order valence-corrected chi connectivity index (χ2v) is 9.41. The van der Waals surface area contributed by atoms with Gasteiger partial charge in [0.05, 0.1) is 12.4 Å². The lowest BCUT2D eigenvalue weighted by Gasteiger charge is -2.11. The number of halogens is 1. The summed E-state index contributed by atoms with van der Waals surface area (Å²) < 4.78 is 57.2. The number of nitrogens with zero attached hydrogens (tertiary/aromatic N) is 6. The predicted molar refractivity (Wildman–Crippen MR) is 166 cm³/mol. The molecule has 0 fully saturated rings. The SMILES string of the molecule is [2H]c1c([2H])c([2H])c(-c2nc(-c3ccccc3)nc(-c3cc(-c4nc(-c5ccccc5)nc(-c5ccccc5)n4)ccc3F)n2)c([2H])c1[2H]. The fraction of sp³-hybridized carbons (Fsp3) is 0. The monoisotopic (exact) mass is 563 g/mol. The normalized spacial score (nSPS) is 12.5. The molecule has 204 valence electrons. The van der Waals surface area contributed by atoms with Crippen molar-refractivity contribution >= 4 is 0 Å². The fourth-order valence-electron chi connectivity index (χ4n) is 4.46. The molecule has 0 spiro atoms. The van der Waals surface area contributed by atoms with E-state index in [-0.39, 0.29) is 34.4 Å². The van der Waals surface area contributed by atoms with Gasteiger partial charge in [-0.3, -0.25) is 0 Å². The highest BCUT2D eigenvalue weighted by molar-refractivity contribution is 5.72. The van der Waals surface area contributed by atoms with E-state index in [1.54, 1.807) is 30.3 Å². The molecule has 0 atom stereocenters. The van der Waals surface area contributed by atoms with Crippen LogP contribution in [0.25, 0.3) is 68.3 Å². The molecule has 2 heterocycles. The van der Waals surface area contributed by atoms with Crippen LogP contribution in [0.3, 0.4) is 0 Å². The zero-order valence-electron chi connectivity index (χ0n) is 27.5. The van der Waals surface area contributed by atoms with Crippen LogP contribution >= 0.6 is 0 Å². The first-order valence-corrected chi connectivity index (χ1v) is 13.3. The van der Waals surface area contributed by atoms with Crippen LogP contribution in [-0.4, -0.2) is 29.9 Å². The molecule has 6 nitrogen and oxygen atoms in total. The molecule has 0 N–H and O–H groups in total. The lowest BCUT2D eigenvalue weighted by molar-refractivity contribution is 0.630. The minimum absolute atomic E-state index is 0.0244. The van der Waals surface area contributed by atoms with E-state index >= 15 is 4.39 Å². The van der Waals surface area contributed by atoms with Gasteiger partial charge in [0.15, 0.2) is 34.9 Å². The number of rotatable bonds is 6. The van der Waals surface area contributed by atoms with E-state index in [0.29, 0.717) is 22.8 Å². The number of hydrogen-bond donors (Lipinski definition) is 0. The zero-order valence-corrected chi connectivity index (χ0v) is 22.5. The Morgan fingerprint density at radius 2 is 0.791 bits per heavy atom. The van der Waals surface area contributed by atoms with Crippen LogP contribution in [0.15, 0.2) is 139 Å². The van der Waals surface area contributed by atoms with Gasteiger partial charge in [0.25, 0.3) is 0 Å². The summed E-state index contributed by atoms with van der Waals surface area (Å²) in [7, 11) is 0. The summed E-state index contributed by atoms with van der Waals surface area (Å²) >= 11 is 0. The first kappa shape index (κ1) is 20.9. The van der Waals surface area contributed by atoms with E-state index in [9.17, 15) is 0 Å². The molecule has 0 saturated heterocycles. The van der Waals surface area contributed by atoms with Crippen molar-refractivity contribution in [2.75, 3.05) is 0 Å². The molecule has 0 aliphatic rings. The Hall–Kier alpha value is -5.95. The van der Waals surface area contributed by atoms with Crippen molar-refractivity contribution in [1.82, 2.24) is 29.9 Å². The quantitative estimate of drug-likeness (QED) is 0.203. The maximum atomic E-state index is 15.8. The molecule has 7 rings (SSSR count). The lowest BCUT2D eigenvalue weighted by Crippen LogP contribution is -2.03. The maximum Gasteiger partial charge on any atom is 0.167 e. The van der Waals surface area contributed by atoms with E-state index in [4.69, 9.17) is 21.8 Å². The van der Waals surface area contributed by atoms with Crippen LogP contribution in [-0.2, 0) is 0 Å². The van der Waals surface area contributed by atoms with Crippen LogP contribution in [0.5, 0.6) is 0 Å². The molecule has 5 aromatic carbocycles. The summed E-state index contributed by atoms with van der Waals surface area (Å²) in [4.78, 5) is 27.7. The maximum absolute atomic E-state index is 15.8. The van der Waals surface area contributed by atoms with E-state index < -0.39 is 36.0 Å². The summed E-state index contributed by atoms with van der Waals surface area (Å²) in [6, 6.07) is 29.5. The first-order chi connectivity index (χ1) is 23.3. The topological polar surface area (TPSA) is 77.3 Å². The van der Waals surface area contributed by atoms with E-state index in [2.05, 4.69) is 15.0 Å². The largest absolute Gasteiger partial charge is 0.208 e. The Bertz CT molecular complexity index is 2220. The number of aromatic nitrogens is 6. The average molecular weight is 564 g/mol. The van der Waals surface area contributed by atoms with E-state index in [0.717, 1.165) is 11.1 Å². The second kappa shape index (κ2) is 11.5. The van der Waals surface area contributed by atoms with Crippen LogP contribution in [0.2, 0.25) is 0 Å². The van der Waals surface area contributed by atoms with Crippen molar-refractivity contribution in [3.63, 3.8) is 0 Å². The number of benzene rings is 5. The highest BCUT2D eigenvalue weighted by atomic mass is 19.1. The van der Waals surface area contributed by atoms with Gasteiger partial charge >= 0.3 is 0 Å². The van der Waals surface area contributed by atoms with Gasteiger partial charge in [-0.1, -0.05) is 121 Å². The molecule has 0 saturated carbocycles. The second-order valence-electron chi connectivity index (χ2n) is 9.41. The van der Waals surface area contributed by atoms with Gasteiger partial charge in [0, 0.05) is 27.8 Å². The molecule has 0 amide bonds. The minimum atomic E-state index is -0.656. The molecule has 0 aliphatic heterocycles. The van der Waals surface area contributed by atoms with Gasteiger partial charge in [-0.15, -0.1) is 0 Å². The van der Waals surface area contributed by atoms with Crippen molar-refractivity contribution < 1.29 is 11.2 Å². The van der Waals surface area contributed by atoms with Crippen molar-refractivity contribution in [1.29, 1.82) is 0 Å². The molecular weight excluding hydrogens is 535 g/mol. The summed E-state index contributed by atoms with van der Waals surface area (Å²) in [5.74, 6) is 0.318. The van der Waals surface area contributed by atoms with E-state index in [1.807, 2.05) is 66.7 Å². The van der Waals surface area contributed by atoms with Gasteiger partial charge in [0.1, 0.15) is 5.82 Å². The van der Waals surface area contributed by atoms with Crippen molar-refractivity contribution in [2.45, 2.75) is 0 Å². The van der Waals surface area contributed by atoms with Gasteiger partial charge in [-0.2, -0.15) is 0 Å². The highest BCUT2D eigenvalue weighted by Gasteiger charge is 2.18. The molecule has 7 heteroatoms. The smallest absolute Gasteiger partial charge is 0.167 e. The average Bonchev–Trinajstić information content (AvgIpc) is 3.14. The molecule has 0 unspecified atom stereocenters. The fourth-order valence-corrected chi connectivity index (χ4v) is 4.46. The summed E-state index contributed by atoms with van der Waals surface area (Å²) in [6.45, 7) is 0. The molecule has 0 radical (unpaired) electrons. The van der Waals surface area contributed by atoms with Gasteiger partial charge in [-0.25, -0.2) is 34.3 Å². The Balaban J connectivity index is 1.44. The third-order valence-corrected chi connectivity index (χ3v) is 6.56. The number of hydrogen-bond acceptors (Lipinski definition) is 6. The van der Waals surface area contributed by atoms with Crippen molar-refractivity contribution in [3.8, 4) is 68.3 Å². The van der Waals surface area contributed by atoms with Crippen LogP contribution < -0.4 is 0 Å². The Morgan fingerprint density at radius 1 is 0.395 bits per heavy atom. The molecule has 7 aromatic rings. The molecule has 2 aromatic heterocycles. The predicted octanol–water partition coefficient (Wildman–Crippen LogP) is 8.20. The standard InChI is InChI=1S/C36H23FN6/c37-30-22-21-28(35-40-31(24-13-5-1-6-14-24)38-32(41-35)25-15-7-2-8-16-25)23-29(30)36-42-33(26-17-9-3-10-18-26)39-34(43-36)27-19-11-4-12-20-27/h1-23H/i3D,9D,10D,17D,18D. The van der Waals surface area contributed by atoms with Gasteiger partial charge in [0.2, 0.25) is 0 Å². The summed E-state index contributed by atoms with van der Waals surface area (Å²) in [5.41, 5.74) is 2.31. The highest BCUT2D eigenvalue weighted by Crippen LogP contribution is 2.30. The van der Waals surface area contributed by atoms with E-state index in [1.165, 1.54) is 12.1 Å². The molecular formula is C36H23FN6. The minimum Gasteiger partial charge on any atom is -0.208 e. The van der Waals surface area contributed by atoms with Crippen molar-refractivity contribution in [2.24, 2.45) is 0 Å². The third-order valence-electron chi connectivity index (χ3n) is 6.56. The van der Waals surface area contributed by atoms with Crippen LogP contribution in [0.4, 0.5) is 4.39 Å². The van der Waals surface area contributed by atoms with Crippen LogP contribution in [0, 0.1) is 5.82 Å². The third kappa shape index (κ3) is 5.52. The molecule has 0 bridgehead atoms. The van der Waals surface area contributed by atoms with Gasteiger partial charge in [-0.05, 0) is 18.2 Å². The Kier molecular flexibility index (Phi) is 5.58. The Labute approximate surface area is 254 Å². The zero-order chi connectivity index (χ0) is 33.4. The van der Waals surface area contributed by atoms with Crippen LogP contribution in [0.1, 0.15) is 6.85 Å². The molecule has 0 aliphatic carbocycles. The summed E-state index contributed by atoms with van der Waals surface area (Å²) in [5, 5.41) is 0. The van der Waals surface area contributed by atoms with Crippen molar-refractivity contribution in [3.05, 3.63) is 145 Å². The molecule has 43 heavy (non-hydrogen) atoms.